The van der Waals surface area contributed by atoms with Crippen molar-refractivity contribution >= 4 is 0 Å². The Kier molecular flexibility index (Phi) is 13.2. The minimum Gasteiger partial charge on any atom is -0.395 e. The molecular weight excluding hydrogens is 610 g/mol. The number of hydrogen-bond acceptors (Lipinski definition) is 20. The van der Waals surface area contributed by atoms with Crippen LogP contribution < -0.4 is 28.3 Å². The van der Waals surface area contributed by atoms with Gasteiger partial charge in [0.05, 0.1) is 50.7 Å². The number of aliphatic hydroxyl groups is 9. The number of hydrogen-bond donors (Lipinski definition) is 14. The number of nitrogens with two attached hydrogens (primary N) is 4. The van der Waals surface area contributed by atoms with Crippen LogP contribution in [-0.2, 0) is 28.4 Å². The largest absolute Gasteiger partial charge is 0.395 e. The van der Waals surface area contributed by atoms with Crippen molar-refractivity contribution in [3.63, 3.8) is 0 Å². The molecule has 0 unspecified atom stereocenters. The van der Waals surface area contributed by atoms with Gasteiger partial charge in [0.2, 0.25) is 0 Å². The normalized spacial score (nSPS) is 49.5. The molecule has 0 spiro atoms. The van der Waals surface area contributed by atoms with Crippen molar-refractivity contribution in [2.75, 3.05) is 33.0 Å². The SMILES string of the molecule is NC[C@H]1O[C@H](O[C@H]2[C@H](O[C@@H]3O[C@H](CO)[C@@H](O[C@H]4OC[C@@H](O)[C@H](O)[C@H]4N)[C@H]3O)[C@@H](O)[C@H](NC(CO)CO)C[C@@H]2N)[C@H](N)[C@H](O)[C@@H]1O. The third-order valence-corrected chi connectivity index (χ3v) is 8.77. The predicted octanol–water partition coefficient (Wildman–Crippen LogP) is -9.24. The Hall–Kier alpha value is -0.800. The van der Waals surface area contributed by atoms with Crippen molar-refractivity contribution in [1.29, 1.82) is 0 Å². The molecule has 45 heavy (non-hydrogen) atoms. The second-order valence-electron chi connectivity index (χ2n) is 11.9. The summed E-state index contributed by atoms with van der Waals surface area (Å²) in [5, 5.41) is 95.3. The zero-order valence-corrected chi connectivity index (χ0v) is 24.5. The molecular formula is C25H49N5O15. The summed E-state index contributed by atoms with van der Waals surface area (Å²) in [6.45, 7) is -2.09. The maximum Gasteiger partial charge on any atom is 0.187 e. The summed E-state index contributed by atoms with van der Waals surface area (Å²) in [7, 11) is 0. The van der Waals surface area contributed by atoms with E-state index in [4.69, 9.17) is 51.4 Å². The monoisotopic (exact) mass is 659 g/mol. The Morgan fingerprint density at radius 3 is 1.91 bits per heavy atom. The smallest absolute Gasteiger partial charge is 0.187 e. The van der Waals surface area contributed by atoms with Crippen LogP contribution in [0.15, 0.2) is 0 Å². The van der Waals surface area contributed by atoms with Crippen molar-refractivity contribution in [3.8, 4) is 0 Å². The van der Waals surface area contributed by atoms with Gasteiger partial charge in [0.25, 0.3) is 0 Å². The Labute approximate surface area is 258 Å². The first-order valence-corrected chi connectivity index (χ1v) is 14.9. The summed E-state index contributed by atoms with van der Waals surface area (Å²) in [6, 6.07) is -5.12. The maximum absolute atomic E-state index is 11.5. The highest BCUT2D eigenvalue weighted by Gasteiger charge is 2.54. The fourth-order valence-corrected chi connectivity index (χ4v) is 6.02. The van der Waals surface area contributed by atoms with E-state index in [1.807, 2.05) is 0 Å². The summed E-state index contributed by atoms with van der Waals surface area (Å²) >= 11 is 0. The Balaban J connectivity index is 1.55. The first-order valence-electron chi connectivity index (χ1n) is 14.9. The summed E-state index contributed by atoms with van der Waals surface area (Å²) in [4.78, 5) is 0. The standard InChI is InChI=1S/C25H49N5O15/c26-2-11-17(37)18(38)14(29)24(41-11)43-20-8(27)1-9(30-7(3-31)4-32)15(35)22(20)45-25-19(39)21(12(5-33)42-25)44-23-13(28)16(36)10(34)6-40-23/h7-25,30-39H,1-6,26-29H2/t8-,9+,10+,11+,12+,13+,14+,15-,16-,17+,18-,19+,20+,21+,22+,23+,24+,25-/m0/s1. The van der Waals surface area contributed by atoms with E-state index >= 15 is 0 Å². The highest BCUT2D eigenvalue weighted by Crippen LogP contribution is 2.34. The van der Waals surface area contributed by atoms with Gasteiger partial charge in [-0.2, -0.15) is 0 Å². The lowest BCUT2D eigenvalue weighted by atomic mass is 9.83. The number of aliphatic hydroxyl groups excluding tert-OH is 9. The van der Waals surface area contributed by atoms with Crippen molar-refractivity contribution < 1.29 is 74.4 Å². The van der Waals surface area contributed by atoms with E-state index < -0.39 is 136 Å². The molecule has 0 amide bonds. The molecule has 4 rings (SSSR count). The third-order valence-electron chi connectivity index (χ3n) is 8.77. The predicted molar refractivity (Wildman–Crippen MR) is 147 cm³/mol. The summed E-state index contributed by atoms with van der Waals surface area (Å²) in [5.74, 6) is 0. The molecule has 0 radical (unpaired) electrons. The van der Waals surface area contributed by atoms with Gasteiger partial charge < -0.3 is 103 Å². The molecule has 1 saturated carbocycles. The van der Waals surface area contributed by atoms with Crippen LogP contribution in [0.2, 0.25) is 0 Å². The highest BCUT2D eigenvalue weighted by molar-refractivity contribution is 5.03. The quantitative estimate of drug-likeness (QED) is 0.0924. The van der Waals surface area contributed by atoms with E-state index in [1.54, 1.807) is 0 Å². The van der Waals surface area contributed by atoms with Crippen molar-refractivity contribution in [2.24, 2.45) is 22.9 Å². The van der Waals surface area contributed by atoms with Crippen LogP contribution in [0.25, 0.3) is 0 Å². The molecule has 3 saturated heterocycles. The molecule has 3 aliphatic heterocycles. The zero-order valence-electron chi connectivity index (χ0n) is 24.5. The van der Waals surface area contributed by atoms with Gasteiger partial charge in [-0.1, -0.05) is 0 Å². The van der Waals surface area contributed by atoms with Crippen molar-refractivity contribution in [1.82, 2.24) is 5.32 Å². The van der Waals surface area contributed by atoms with Gasteiger partial charge >= 0.3 is 0 Å². The summed E-state index contributed by atoms with van der Waals surface area (Å²) in [6.07, 6.45) is -19.1. The molecule has 4 aliphatic rings. The average Bonchev–Trinajstić information content (AvgIpc) is 3.33. The van der Waals surface area contributed by atoms with Crippen LogP contribution in [0.1, 0.15) is 6.42 Å². The molecule has 4 fully saturated rings. The van der Waals surface area contributed by atoms with Crippen LogP contribution in [0.5, 0.6) is 0 Å². The van der Waals surface area contributed by atoms with E-state index in [2.05, 4.69) is 5.32 Å². The summed E-state index contributed by atoms with van der Waals surface area (Å²) < 4.78 is 34.7. The van der Waals surface area contributed by atoms with Crippen LogP contribution in [0.3, 0.4) is 0 Å². The Morgan fingerprint density at radius 2 is 1.29 bits per heavy atom. The molecule has 20 nitrogen and oxygen atoms in total. The molecule has 3 heterocycles. The third kappa shape index (κ3) is 7.92. The maximum atomic E-state index is 11.5. The lowest BCUT2D eigenvalue weighted by molar-refractivity contribution is -0.307. The number of ether oxygens (including phenoxy) is 6. The van der Waals surface area contributed by atoms with E-state index in [0.717, 1.165) is 0 Å². The molecule has 20 heteroatoms. The lowest BCUT2D eigenvalue weighted by Crippen LogP contribution is -2.69. The Morgan fingerprint density at radius 1 is 0.689 bits per heavy atom. The molecule has 1 aliphatic carbocycles. The van der Waals surface area contributed by atoms with Gasteiger partial charge in [0, 0.05) is 18.6 Å². The fourth-order valence-electron chi connectivity index (χ4n) is 6.02. The molecule has 0 aromatic rings. The van der Waals surface area contributed by atoms with E-state index in [-0.39, 0.29) is 19.6 Å². The van der Waals surface area contributed by atoms with Crippen molar-refractivity contribution in [2.45, 2.75) is 123 Å². The molecule has 0 aromatic heterocycles. The van der Waals surface area contributed by atoms with E-state index in [0.29, 0.717) is 0 Å². The van der Waals surface area contributed by atoms with Gasteiger partial charge in [-0.15, -0.1) is 0 Å². The second kappa shape index (κ2) is 16.1. The topological polar surface area (TPSA) is 354 Å². The lowest BCUT2D eigenvalue weighted by Gasteiger charge is -2.48. The van der Waals surface area contributed by atoms with Crippen LogP contribution in [0, 0.1) is 0 Å². The van der Waals surface area contributed by atoms with Gasteiger partial charge in [-0.3, -0.25) is 0 Å². The first kappa shape index (κ1) is 37.0. The molecule has 18 atom stereocenters. The van der Waals surface area contributed by atoms with Gasteiger partial charge in [-0.25, -0.2) is 0 Å². The molecule has 264 valence electrons. The van der Waals surface area contributed by atoms with Crippen LogP contribution in [0.4, 0.5) is 0 Å². The van der Waals surface area contributed by atoms with Crippen molar-refractivity contribution in [3.05, 3.63) is 0 Å². The molecule has 18 N–H and O–H groups in total. The minimum atomic E-state index is -1.63. The second-order valence-corrected chi connectivity index (χ2v) is 11.9. The number of nitrogens with one attached hydrogen (secondary N) is 1. The molecule has 0 bridgehead atoms. The van der Waals surface area contributed by atoms with Crippen LogP contribution >= 0.6 is 0 Å². The first-order chi connectivity index (χ1) is 21.4. The minimum absolute atomic E-state index is 0.0276. The van der Waals surface area contributed by atoms with E-state index in [1.165, 1.54) is 0 Å². The fraction of sp³-hybridized carbons (Fsp3) is 1.00. The zero-order chi connectivity index (χ0) is 33.2. The van der Waals surface area contributed by atoms with Gasteiger partial charge in [0.15, 0.2) is 18.9 Å². The van der Waals surface area contributed by atoms with Gasteiger partial charge in [-0.05, 0) is 6.42 Å². The number of rotatable bonds is 12. The average molecular weight is 660 g/mol. The summed E-state index contributed by atoms with van der Waals surface area (Å²) in [5.41, 5.74) is 24.1. The van der Waals surface area contributed by atoms with Gasteiger partial charge in [0.1, 0.15) is 61.0 Å². The van der Waals surface area contributed by atoms with Crippen LogP contribution in [-0.4, -0.2) is 195 Å². The van der Waals surface area contributed by atoms with E-state index in [9.17, 15) is 46.0 Å². The highest BCUT2D eigenvalue weighted by atomic mass is 16.8. The Bertz CT molecular complexity index is 913. The molecule has 0 aromatic carbocycles.